The number of sulfonamides is 1. The second kappa shape index (κ2) is 5.52. The normalized spacial score (nSPS) is 24.8. The van der Waals surface area contributed by atoms with Crippen molar-refractivity contribution < 1.29 is 13.0 Å². The molecule has 1 aliphatic heterocycles. The molecular weight excluding hydrogens is 326 g/mol. The molecule has 1 aromatic carbocycles. The zero-order valence-electron chi connectivity index (χ0n) is 14.9. The lowest BCUT2D eigenvalue weighted by molar-refractivity contribution is 0.205. The van der Waals surface area contributed by atoms with Crippen molar-refractivity contribution in [3.63, 3.8) is 0 Å². The average molecular weight is 351 g/mol. The Morgan fingerprint density at radius 3 is 2.58 bits per heavy atom. The van der Waals surface area contributed by atoms with Gasteiger partial charge < -0.3 is 0 Å². The highest BCUT2D eigenvalue weighted by molar-refractivity contribution is 7.89. The zero-order chi connectivity index (χ0) is 17.8. The first-order valence-corrected chi connectivity index (χ1v) is 9.69. The van der Waals surface area contributed by atoms with E-state index < -0.39 is 10.0 Å². The Morgan fingerprint density at radius 1 is 1.17 bits per heavy atom. The molecule has 2 aromatic rings. The average Bonchev–Trinajstić information content (AvgIpc) is 2.87. The Morgan fingerprint density at radius 2 is 1.88 bits per heavy atom. The van der Waals surface area contributed by atoms with E-state index in [0.29, 0.717) is 17.6 Å². The quantitative estimate of drug-likeness (QED) is 0.828. The second-order valence-corrected chi connectivity index (χ2v) is 10.4. The molecule has 24 heavy (non-hydrogen) atoms. The molecule has 0 N–H and O–H groups in total. The number of hydrogen-bond donors (Lipinski definition) is 0. The van der Waals surface area contributed by atoms with Gasteiger partial charge in [-0.3, -0.25) is 0 Å². The molecule has 0 saturated carbocycles. The van der Waals surface area contributed by atoms with Gasteiger partial charge in [0.1, 0.15) is 10.4 Å². The summed E-state index contributed by atoms with van der Waals surface area (Å²) in [6, 6.07) is 4.88. The molecule has 6 nitrogen and oxygen atoms in total. The molecule has 2 heterocycles. The van der Waals surface area contributed by atoms with Crippen LogP contribution in [0.1, 0.15) is 47.5 Å². The molecule has 1 atom stereocenters. The molecule has 3 rings (SSSR count). The molecule has 0 aliphatic carbocycles. The van der Waals surface area contributed by atoms with Crippen LogP contribution < -0.4 is 0 Å². The van der Waals surface area contributed by atoms with Crippen LogP contribution in [0.3, 0.4) is 0 Å². The van der Waals surface area contributed by atoms with E-state index in [4.69, 9.17) is 4.63 Å². The maximum absolute atomic E-state index is 13.4. The number of nitrogens with zero attached hydrogens (tertiary/aromatic N) is 3. The minimum atomic E-state index is -3.68. The third kappa shape index (κ3) is 3.07. The summed E-state index contributed by atoms with van der Waals surface area (Å²) in [5.74, 6) is 0. The molecule has 1 unspecified atom stereocenters. The van der Waals surface area contributed by atoms with E-state index in [2.05, 4.69) is 38.0 Å². The van der Waals surface area contributed by atoms with E-state index in [0.717, 1.165) is 12.8 Å². The monoisotopic (exact) mass is 351 g/mol. The standard InChI is InChI=1S/C17H25N3O3S/c1-12-9-16(2,3)10-17(4,5)11-20(12)24(21,22)14-8-6-7-13-15(14)19-23-18-13/h6-8,12H,9-11H2,1-5H3. The highest BCUT2D eigenvalue weighted by Gasteiger charge is 2.42. The van der Waals surface area contributed by atoms with Crippen LogP contribution in [0.2, 0.25) is 0 Å². The van der Waals surface area contributed by atoms with Crippen LogP contribution in [0, 0.1) is 10.8 Å². The fourth-order valence-corrected chi connectivity index (χ4v) is 6.30. The van der Waals surface area contributed by atoms with Crippen LogP contribution in [-0.4, -0.2) is 35.6 Å². The minimum Gasteiger partial charge on any atom is -0.243 e. The zero-order valence-corrected chi connectivity index (χ0v) is 15.7. The third-order valence-corrected chi connectivity index (χ3v) is 6.71. The first-order chi connectivity index (χ1) is 11.0. The van der Waals surface area contributed by atoms with Gasteiger partial charge in [-0.15, -0.1) is 0 Å². The van der Waals surface area contributed by atoms with Crippen molar-refractivity contribution in [2.45, 2.75) is 58.4 Å². The molecule has 132 valence electrons. The molecule has 1 saturated heterocycles. The Balaban J connectivity index is 2.10. The number of fused-ring (bicyclic) bond motifs is 1. The van der Waals surface area contributed by atoms with Crippen molar-refractivity contribution in [2.24, 2.45) is 10.8 Å². The summed E-state index contributed by atoms with van der Waals surface area (Å²) in [6.45, 7) is 11.2. The topological polar surface area (TPSA) is 76.3 Å². The fourth-order valence-electron chi connectivity index (χ4n) is 4.34. The van der Waals surface area contributed by atoms with E-state index in [1.54, 1.807) is 22.5 Å². The SMILES string of the molecule is CC1CC(C)(C)CC(C)(C)CN1S(=O)(=O)c1cccc2nonc12. The van der Waals surface area contributed by atoms with Gasteiger partial charge in [-0.05, 0) is 53.0 Å². The van der Waals surface area contributed by atoms with Crippen molar-refractivity contribution in [1.82, 2.24) is 14.6 Å². The maximum Gasteiger partial charge on any atom is 0.245 e. The van der Waals surface area contributed by atoms with Crippen LogP contribution in [0.4, 0.5) is 0 Å². The van der Waals surface area contributed by atoms with E-state index in [9.17, 15) is 8.42 Å². The molecule has 0 amide bonds. The number of aromatic nitrogens is 2. The van der Waals surface area contributed by atoms with E-state index in [1.807, 2.05) is 6.92 Å². The lowest BCUT2D eigenvalue weighted by Crippen LogP contribution is -2.42. The summed E-state index contributed by atoms with van der Waals surface area (Å²) in [5.41, 5.74) is 0.746. The number of hydrogen-bond acceptors (Lipinski definition) is 5. The maximum atomic E-state index is 13.4. The van der Waals surface area contributed by atoms with Gasteiger partial charge in [-0.25, -0.2) is 13.0 Å². The Bertz CT molecular complexity index is 855. The van der Waals surface area contributed by atoms with Gasteiger partial charge in [-0.1, -0.05) is 33.8 Å². The smallest absolute Gasteiger partial charge is 0.243 e. The van der Waals surface area contributed by atoms with Crippen LogP contribution in [-0.2, 0) is 10.0 Å². The van der Waals surface area contributed by atoms with Gasteiger partial charge in [0.25, 0.3) is 0 Å². The van der Waals surface area contributed by atoms with Gasteiger partial charge in [0.05, 0.1) is 0 Å². The Kier molecular flexibility index (Phi) is 3.99. The Hall–Kier alpha value is -1.47. The summed E-state index contributed by atoms with van der Waals surface area (Å²) in [7, 11) is -3.68. The van der Waals surface area contributed by atoms with Crippen molar-refractivity contribution in [3.8, 4) is 0 Å². The highest BCUT2D eigenvalue weighted by atomic mass is 32.2. The van der Waals surface area contributed by atoms with Crippen molar-refractivity contribution in [1.29, 1.82) is 0 Å². The first-order valence-electron chi connectivity index (χ1n) is 8.25. The highest BCUT2D eigenvalue weighted by Crippen LogP contribution is 2.43. The molecule has 1 fully saturated rings. The van der Waals surface area contributed by atoms with Crippen LogP contribution in [0.15, 0.2) is 27.7 Å². The molecule has 1 aromatic heterocycles. The summed E-state index contributed by atoms with van der Waals surface area (Å²) < 4.78 is 33.1. The summed E-state index contributed by atoms with van der Waals surface area (Å²) in [6.07, 6.45) is 1.80. The number of benzene rings is 1. The largest absolute Gasteiger partial charge is 0.245 e. The van der Waals surface area contributed by atoms with Crippen LogP contribution in [0.25, 0.3) is 11.0 Å². The molecule has 0 radical (unpaired) electrons. The molecular formula is C17H25N3O3S. The van der Waals surface area contributed by atoms with Gasteiger partial charge in [0, 0.05) is 12.6 Å². The van der Waals surface area contributed by atoms with E-state index in [1.165, 1.54) is 0 Å². The van der Waals surface area contributed by atoms with E-state index >= 15 is 0 Å². The van der Waals surface area contributed by atoms with Gasteiger partial charge in [0.2, 0.25) is 10.0 Å². The van der Waals surface area contributed by atoms with Gasteiger partial charge in [0.15, 0.2) is 5.52 Å². The molecule has 0 spiro atoms. The third-order valence-electron chi connectivity index (χ3n) is 4.72. The molecule has 1 aliphatic rings. The van der Waals surface area contributed by atoms with Crippen LogP contribution >= 0.6 is 0 Å². The Labute approximate surface area is 143 Å². The van der Waals surface area contributed by atoms with Crippen LogP contribution in [0.5, 0.6) is 0 Å². The predicted octanol–water partition coefficient (Wildman–Crippen LogP) is 3.45. The molecule has 7 heteroatoms. The van der Waals surface area contributed by atoms with Crippen molar-refractivity contribution in [3.05, 3.63) is 18.2 Å². The van der Waals surface area contributed by atoms with E-state index in [-0.39, 0.29) is 21.8 Å². The van der Waals surface area contributed by atoms with Crippen molar-refractivity contribution >= 4 is 21.1 Å². The number of rotatable bonds is 2. The van der Waals surface area contributed by atoms with Gasteiger partial charge >= 0.3 is 0 Å². The lowest BCUT2D eigenvalue weighted by atomic mass is 9.74. The van der Waals surface area contributed by atoms with Gasteiger partial charge in [-0.2, -0.15) is 4.31 Å². The minimum absolute atomic E-state index is 0.0816. The summed E-state index contributed by atoms with van der Waals surface area (Å²) >= 11 is 0. The summed E-state index contributed by atoms with van der Waals surface area (Å²) in [4.78, 5) is 0.170. The predicted molar refractivity (Wildman–Crippen MR) is 92.0 cm³/mol. The fraction of sp³-hybridized carbons (Fsp3) is 0.647. The van der Waals surface area contributed by atoms with Crippen molar-refractivity contribution in [2.75, 3.05) is 6.54 Å². The lowest BCUT2D eigenvalue weighted by Gasteiger charge is -2.32. The second-order valence-electron chi connectivity index (χ2n) is 8.50. The molecule has 0 bridgehead atoms. The first kappa shape index (κ1) is 17.4. The summed E-state index contributed by atoms with van der Waals surface area (Å²) in [5, 5.41) is 7.56.